The smallest absolute Gasteiger partial charge is 0.406 e. The van der Waals surface area contributed by atoms with Gasteiger partial charge in [-0.25, -0.2) is 4.68 Å². The van der Waals surface area contributed by atoms with Crippen molar-refractivity contribution < 1.29 is 35.9 Å². The first kappa shape index (κ1) is 20.1. The molecule has 2 aromatic heterocycles. The Morgan fingerprint density at radius 3 is 2.21 bits per heavy atom. The van der Waals surface area contributed by atoms with Gasteiger partial charge < -0.3 is 10.1 Å². The van der Waals surface area contributed by atoms with Crippen molar-refractivity contribution in [3.8, 4) is 11.4 Å². The molecule has 7 nitrogen and oxygen atoms in total. The molecule has 2 heterocycles. The van der Waals surface area contributed by atoms with Crippen LogP contribution in [0.2, 0.25) is 0 Å². The SMILES string of the molecule is O=C(Nc1ccnnc1)c1cnn(-c2ccc(OC(F)(F)F)cc2)c1C(F)(F)F. The number of ether oxygens (including phenoxy) is 1. The average molecular weight is 417 g/mol. The summed E-state index contributed by atoms with van der Waals surface area (Å²) in [5.74, 6) is -1.72. The van der Waals surface area contributed by atoms with Gasteiger partial charge >= 0.3 is 12.5 Å². The van der Waals surface area contributed by atoms with Crippen LogP contribution in [-0.4, -0.2) is 32.2 Å². The van der Waals surface area contributed by atoms with Gasteiger partial charge in [0.1, 0.15) is 5.75 Å². The third-order valence-corrected chi connectivity index (χ3v) is 3.44. The van der Waals surface area contributed by atoms with Gasteiger partial charge in [0.25, 0.3) is 5.91 Å². The van der Waals surface area contributed by atoms with E-state index < -0.39 is 35.5 Å². The number of hydrogen-bond acceptors (Lipinski definition) is 5. The highest BCUT2D eigenvalue weighted by Gasteiger charge is 2.40. The number of nitrogens with one attached hydrogen (secondary N) is 1. The summed E-state index contributed by atoms with van der Waals surface area (Å²) in [4.78, 5) is 12.3. The molecule has 0 bridgehead atoms. The molecular formula is C16H9F6N5O2. The normalized spacial score (nSPS) is 11.9. The molecular weight excluding hydrogens is 408 g/mol. The maximum Gasteiger partial charge on any atom is 0.573 e. The average Bonchev–Trinajstić information content (AvgIpc) is 3.07. The van der Waals surface area contributed by atoms with E-state index in [0.717, 1.165) is 30.5 Å². The summed E-state index contributed by atoms with van der Waals surface area (Å²) >= 11 is 0. The summed E-state index contributed by atoms with van der Waals surface area (Å²) in [6.45, 7) is 0. The van der Waals surface area contributed by atoms with Crippen molar-refractivity contribution in [3.05, 3.63) is 60.2 Å². The molecule has 0 aliphatic rings. The van der Waals surface area contributed by atoms with Gasteiger partial charge in [0, 0.05) is 0 Å². The molecule has 1 N–H and O–H groups in total. The first-order chi connectivity index (χ1) is 13.5. The van der Waals surface area contributed by atoms with Gasteiger partial charge in [-0.05, 0) is 30.3 Å². The topological polar surface area (TPSA) is 81.9 Å². The number of amides is 1. The molecule has 0 fully saturated rings. The molecule has 152 valence electrons. The fraction of sp³-hybridized carbons (Fsp3) is 0.125. The van der Waals surface area contributed by atoms with Crippen molar-refractivity contribution in [2.24, 2.45) is 0 Å². The minimum Gasteiger partial charge on any atom is -0.406 e. The second-order valence-electron chi connectivity index (χ2n) is 5.44. The Bertz CT molecular complexity index is 999. The van der Waals surface area contributed by atoms with E-state index in [9.17, 15) is 31.1 Å². The third kappa shape index (κ3) is 4.80. The monoisotopic (exact) mass is 417 g/mol. The largest absolute Gasteiger partial charge is 0.573 e. The Morgan fingerprint density at radius 2 is 1.66 bits per heavy atom. The van der Waals surface area contributed by atoms with Gasteiger partial charge in [-0.1, -0.05) is 0 Å². The van der Waals surface area contributed by atoms with Gasteiger partial charge in [0.2, 0.25) is 0 Å². The molecule has 0 spiro atoms. The first-order valence-electron chi connectivity index (χ1n) is 7.64. The highest BCUT2D eigenvalue weighted by atomic mass is 19.4. The van der Waals surface area contributed by atoms with E-state index in [4.69, 9.17) is 0 Å². The van der Waals surface area contributed by atoms with Crippen LogP contribution in [0.3, 0.4) is 0 Å². The number of nitrogens with zero attached hydrogens (tertiary/aromatic N) is 4. The minimum atomic E-state index is -4.99. The zero-order valence-corrected chi connectivity index (χ0v) is 14.0. The van der Waals surface area contributed by atoms with Gasteiger partial charge in [0.15, 0.2) is 5.69 Å². The lowest BCUT2D eigenvalue weighted by Gasteiger charge is -2.13. The number of hydrogen-bond donors (Lipinski definition) is 1. The van der Waals surface area contributed by atoms with Crippen molar-refractivity contribution in [1.82, 2.24) is 20.0 Å². The van der Waals surface area contributed by atoms with Crippen LogP contribution in [0.4, 0.5) is 32.0 Å². The molecule has 29 heavy (non-hydrogen) atoms. The molecule has 0 unspecified atom stereocenters. The van der Waals surface area contributed by atoms with E-state index in [1.165, 1.54) is 12.3 Å². The quantitative estimate of drug-likeness (QED) is 0.653. The molecule has 0 saturated heterocycles. The predicted molar refractivity (Wildman–Crippen MR) is 85.2 cm³/mol. The fourth-order valence-electron chi connectivity index (χ4n) is 2.34. The number of anilines is 1. The Labute approximate surface area is 157 Å². The van der Waals surface area contributed by atoms with Crippen LogP contribution < -0.4 is 10.1 Å². The minimum absolute atomic E-state index is 0.111. The number of carbonyl (C=O) groups excluding carboxylic acids is 1. The van der Waals surface area contributed by atoms with Crippen LogP contribution >= 0.6 is 0 Å². The van der Waals surface area contributed by atoms with E-state index in [-0.39, 0.29) is 11.4 Å². The summed E-state index contributed by atoms with van der Waals surface area (Å²) in [5.41, 5.74) is -2.30. The van der Waals surface area contributed by atoms with Crippen LogP contribution in [0.15, 0.2) is 48.9 Å². The lowest BCUT2D eigenvalue weighted by Crippen LogP contribution is -2.21. The Hall–Kier alpha value is -3.64. The molecule has 3 aromatic rings. The summed E-state index contributed by atoms with van der Waals surface area (Å²) in [7, 11) is 0. The predicted octanol–water partition coefficient (Wildman–Crippen LogP) is 3.83. The van der Waals surface area contributed by atoms with Crippen LogP contribution in [0.1, 0.15) is 16.1 Å². The van der Waals surface area contributed by atoms with Crippen LogP contribution in [0.25, 0.3) is 5.69 Å². The van der Waals surface area contributed by atoms with Crippen LogP contribution in [-0.2, 0) is 6.18 Å². The molecule has 0 atom stereocenters. The highest BCUT2D eigenvalue weighted by molar-refractivity contribution is 6.05. The van der Waals surface area contributed by atoms with Crippen LogP contribution in [0.5, 0.6) is 5.75 Å². The number of benzene rings is 1. The Kier molecular flexibility index (Phi) is 5.14. The zero-order valence-electron chi connectivity index (χ0n) is 14.0. The summed E-state index contributed by atoms with van der Waals surface area (Å²) in [6.07, 6.45) is -6.87. The van der Waals surface area contributed by atoms with Crippen LogP contribution in [0, 0.1) is 0 Å². The van der Waals surface area contributed by atoms with Crippen molar-refractivity contribution in [2.75, 3.05) is 5.32 Å². The van der Waals surface area contributed by atoms with Gasteiger partial charge in [-0.2, -0.15) is 28.5 Å². The zero-order chi connectivity index (χ0) is 21.2. The van der Waals surface area contributed by atoms with Crippen molar-refractivity contribution in [3.63, 3.8) is 0 Å². The molecule has 0 saturated carbocycles. The second-order valence-corrected chi connectivity index (χ2v) is 5.44. The van der Waals surface area contributed by atoms with Gasteiger partial charge in [-0.15, -0.1) is 13.2 Å². The van der Waals surface area contributed by atoms with Crippen molar-refractivity contribution >= 4 is 11.6 Å². The molecule has 0 radical (unpaired) electrons. The Morgan fingerprint density at radius 1 is 0.966 bits per heavy atom. The number of carbonyl (C=O) groups is 1. The maximum absolute atomic E-state index is 13.6. The van der Waals surface area contributed by atoms with E-state index >= 15 is 0 Å². The molecule has 13 heteroatoms. The van der Waals surface area contributed by atoms with Crippen molar-refractivity contribution in [2.45, 2.75) is 12.5 Å². The molecule has 1 aromatic carbocycles. The molecule has 0 aliphatic heterocycles. The van der Waals surface area contributed by atoms with E-state index in [1.807, 2.05) is 0 Å². The third-order valence-electron chi connectivity index (χ3n) is 3.44. The molecule has 0 aliphatic carbocycles. The van der Waals surface area contributed by atoms with Gasteiger partial charge in [0.05, 0.1) is 35.5 Å². The fourth-order valence-corrected chi connectivity index (χ4v) is 2.34. The summed E-state index contributed by atoms with van der Waals surface area (Å²) < 4.78 is 81.5. The Balaban J connectivity index is 1.95. The molecule has 1 amide bonds. The van der Waals surface area contributed by atoms with Crippen molar-refractivity contribution in [1.29, 1.82) is 0 Å². The van der Waals surface area contributed by atoms with Gasteiger partial charge in [-0.3, -0.25) is 4.79 Å². The van der Waals surface area contributed by atoms with E-state index in [0.29, 0.717) is 10.9 Å². The lowest BCUT2D eigenvalue weighted by atomic mass is 10.2. The first-order valence-corrected chi connectivity index (χ1v) is 7.64. The van der Waals surface area contributed by atoms with E-state index in [2.05, 4.69) is 25.3 Å². The maximum atomic E-state index is 13.6. The molecule has 3 rings (SSSR count). The number of halogens is 6. The summed E-state index contributed by atoms with van der Waals surface area (Å²) in [6, 6.07) is 4.86. The lowest BCUT2D eigenvalue weighted by molar-refractivity contribution is -0.274. The number of alkyl halides is 6. The summed E-state index contributed by atoms with van der Waals surface area (Å²) in [5, 5.41) is 12.8. The van der Waals surface area contributed by atoms with E-state index in [1.54, 1.807) is 0 Å². The highest BCUT2D eigenvalue weighted by Crippen LogP contribution is 2.34. The number of rotatable bonds is 4. The number of aromatic nitrogens is 4. The standard InChI is InChI=1S/C16H9F6N5O2/c17-15(18,19)13-12(14(28)26-9-5-6-23-24-7-9)8-25-27(13)10-1-3-11(4-2-10)29-16(20,21)22/h1-8H,(H,23,26,28). The second kappa shape index (κ2) is 7.41.